The molecule has 0 fully saturated rings. The van der Waals surface area contributed by atoms with E-state index in [4.69, 9.17) is 9.15 Å². The van der Waals surface area contributed by atoms with E-state index < -0.39 is 5.92 Å². The maximum Gasteiger partial charge on any atom is 0.255 e. The molecule has 1 aliphatic heterocycles. The number of hydrogen-bond acceptors (Lipinski definition) is 6. The number of rotatable bonds is 5. The van der Waals surface area contributed by atoms with E-state index in [1.807, 2.05) is 62.4 Å². The molecule has 1 aromatic carbocycles. The Balaban J connectivity index is 1.56. The molecule has 0 unspecified atom stereocenters. The largest absolute Gasteiger partial charge is 0.497 e. The number of nitrogens with zero attached hydrogens (tertiary/aromatic N) is 1. The van der Waals surface area contributed by atoms with Crippen LogP contribution in [0, 0.1) is 6.92 Å². The Bertz CT molecular complexity index is 1340. The highest BCUT2D eigenvalue weighted by Gasteiger charge is 2.41. The quantitative estimate of drug-likeness (QED) is 0.547. The summed E-state index contributed by atoms with van der Waals surface area (Å²) in [6, 6.07) is 16.7. The van der Waals surface area contributed by atoms with E-state index in [-0.39, 0.29) is 17.6 Å². The van der Waals surface area contributed by atoms with Crippen LogP contribution in [0.3, 0.4) is 0 Å². The number of carbonyl (C=O) groups excluding carboxylic acids is 2. The molecule has 1 amide bonds. The number of aryl methyl sites for hydroxylation is 1. The van der Waals surface area contributed by atoms with Gasteiger partial charge in [0, 0.05) is 46.5 Å². The lowest BCUT2D eigenvalue weighted by Crippen LogP contribution is -2.37. The second-order valence-electron chi connectivity index (χ2n) is 8.92. The summed E-state index contributed by atoms with van der Waals surface area (Å²) < 4.78 is 10.9. The van der Waals surface area contributed by atoms with Gasteiger partial charge in [0.2, 0.25) is 0 Å². The molecule has 0 spiro atoms. The number of anilines is 1. The normalized spacial score (nSPS) is 19.8. The summed E-state index contributed by atoms with van der Waals surface area (Å²) in [6.45, 7) is 3.75. The van der Waals surface area contributed by atoms with E-state index in [1.54, 1.807) is 19.4 Å². The van der Waals surface area contributed by atoms with Gasteiger partial charge < -0.3 is 19.8 Å². The van der Waals surface area contributed by atoms with Gasteiger partial charge in [-0.25, -0.2) is 4.98 Å². The summed E-state index contributed by atoms with van der Waals surface area (Å²) in [7, 11) is 1.61. The number of aromatic nitrogens is 1. The first-order valence-electron chi connectivity index (χ1n) is 11.6. The number of ether oxygens (including phenoxy) is 1. The molecule has 2 aliphatic rings. The number of dihydropyridines is 1. The maximum atomic E-state index is 13.6. The second-order valence-corrected chi connectivity index (χ2v) is 8.92. The number of nitrogens with one attached hydrogen (secondary N) is 2. The van der Waals surface area contributed by atoms with E-state index in [9.17, 15) is 9.59 Å². The molecule has 3 aromatic rings. The maximum absolute atomic E-state index is 13.6. The fraction of sp³-hybridized carbons (Fsp3) is 0.250. The average molecular weight is 470 g/mol. The van der Waals surface area contributed by atoms with Crippen molar-refractivity contribution in [2.45, 2.75) is 38.5 Å². The molecule has 178 valence electrons. The van der Waals surface area contributed by atoms with Crippen molar-refractivity contribution in [1.82, 2.24) is 10.3 Å². The minimum atomic E-state index is -0.507. The average Bonchev–Trinajstić information content (AvgIpc) is 3.38. The minimum absolute atomic E-state index is 0.00690. The molecular formula is C28H27N3O4. The van der Waals surface area contributed by atoms with Gasteiger partial charge in [-0.05, 0) is 62.2 Å². The van der Waals surface area contributed by atoms with Gasteiger partial charge in [0.1, 0.15) is 17.3 Å². The fourth-order valence-corrected chi connectivity index (χ4v) is 4.99. The SMILES string of the molecule is COc1ccc([C@H]2C(C(=O)Nc3cccc(C)n3)=C(C)NC3=C2C(=O)C[C@H](c2ccco2)C3)cc1. The minimum Gasteiger partial charge on any atom is -0.497 e. The van der Waals surface area contributed by atoms with Crippen molar-refractivity contribution >= 4 is 17.5 Å². The second kappa shape index (κ2) is 9.25. The number of pyridine rings is 1. The standard InChI is InChI=1S/C28H27N3O4/c1-16-6-4-8-24(29-16)31-28(33)25-17(2)30-21-14-19(23-7-5-13-35-23)15-22(32)27(21)26(25)18-9-11-20(34-3)12-10-18/h4-13,19,26,30H,14-15H2,1-3H3,(H,29,31,33)/t19-,26+/m1/s1. The summed E-state index contributed by atoms with van der Waals surface area (Å²) in [4.78, 5) is 31.6. The lowest BCUT2D eigenvalue weighted by Gasteiger charge is -2.36. The van der Waals surface area contributed by atoms with Crippen molar-refractivity contribution in [3.8, 4) is 5.75 Å². The van der Waals surface area contributed by atoms with Gasteiger partial charge in [-0.2, -0.15) is 0 Å². The van der Waals surface area contributed by atoms with Crippen molar-refractivity contribution in [1.29, 1.82) is 0 Å². The first-order chi connectivity index (χ1) is 16.9. The summed E-state index contributed by atoms with van der Waals surface area (Å²) in [6.07, 6.45) is 2.59. The van der Waals surface area contributed by atoms with Gasteiger partial charge in [0.25, 0.3) is 5.91 Å². The number of methoxy groups -OCH3 is 1. The zero-order chi connectivity index (χ0) is 24.5. The summed E-state index contributed by atoms with van der Waals surface area (Å²) in [5.74, 6) is 1.14. The molecule has 0 saturated carbocycles. The molecular weight excluding hydrogens is 442 g/mol. The number of allylic oxidation sites excluding steroid dienone is 3. The third-order valence-corrected chi connectivity index (χ3v) is 6.60. The van der Waals surface area contributed by atoms with E-state index in [2.05, 4.69) is 15.6 Å². The molecule has 1 aliphatic carbocycles. The van der Waals surface area contributed by atoms with Gasteiger partial charge in [-0.15, -0.1) is 0 Å². The molecule has 35 heavy (non-hydrogen) atoms. The van der Waals surface area contributed by atoms with Crippen molar-refractivity contribution in [3.05, 3.63) is 100 Å². The van der Waals surface area contributed by atoms with Gasteiger partial charge in [0.15, 0.2) is 5.78 Å². The topological polar surface area (TPSA) is 93.5 Å². The number of ketones is 1. The number of carbonyl (C=O) groups is 2. The van der Waals surface area contributed by atoms with E-state index in [1.165, 1.54) is 0 Å². The summed E-state index contributed by atoms with van der Waals surface area (Å²) in [5, 5.41) is 6.31. The number of Topliss-reactive ketones (excluding diaryl/α,β-unsaturated/α-hetero) is 1. The Morgan fingerprint density at radius 3 is 2.57 bits per heavy atom. The lowest BCUT2D eigenvalue weighted by atomic mass is 9.72. The van der Waals surface area contributed by atoms with Crippen molar-refractivity contribution in [2.24, 2.45) is 0 Å². The zero-order valence-electron chi connectivity index (χ0n) is 19.9. The van der Waals surface area contributed by atoms with E-state index in [0.29, 0.717) is 41.3 Å². The van der Waals surface area contributed by atoms with Crippen LogP contribution in [0.5, 0.6) is 5.75 Å². The molecule has 3 heterocycles. The summed E-state index contributed by atoms with van der Waals surface area (Å²) >= 11 is 0. The van der Waals surface area contributed by atoms with Gasteiger partial charge in [0.05, 0.1) is 13.4 Å². The number of furan rings is 1. The van der Waals surface area contributed by atoms with Crippen LogP contribution in [0.25, 0.3) is 0 Å². The smallest absolute Gasteiger partial charge is 0.255 e. The Kier molecular flexibility index (Phi) is 5.99. The number of benzene rings is 1. The predicted molar refractivity (Wildman–Crippen MR) is 132 cm³/mol. The Morgan fingerprint density at radius 1 is 1.09 bits per heavy atom. The third-order valence-electron chi connectivity index (χ3n) is 6.60. The number of hydrogen-bond donors (Lipinski definition) is 2. The van der Waals surface area contributed by atoms with Crippen molar-refractivity contribution in [2.75, 3.05) is 12.4 Å². The van der Waals surface area contributed by atoms with Crippen molar-refractivity contribution in [3.63, 3.8) is 0 Å². The molecule has 7 heteroatoms. The van der Waals surface area contributed by atoms with Crippen LogP contribution in [0.4, 0.5) is 5.82 Å². The monoisotopic (exact) mass is 469 g/mol. The Hall–Kier alpha value is -4.13. The van der Waals surface area contributed by atoms with Crippen LogP contribution in [0.1, 0.15) is 48.6 Å². The Labute approximate surface area is 203 Å². The molecule has 5 rings (SSSR count). The molecule has 0 saturated heterocycles. The lowest BCUT2D eigenvalue weighted by molar-refractivity contribution is -0.116. The first-order valence-corrected chi connectivity index (χ1v) is 11.6. The highest BCUT2D eigenvalue weighted by Crippen LogP contribution is 2.45. The van der Waals surface area contributed by atoms with Crippen LogP contribution in [0.15, 0.2) is 87.8 Å². The van der Waals surface area contributed by atoms with E-state index in [0.717, 1.165) is 22.7 Å². The highest BCUT2D eigenvalue weighted by atomic mass is 16.5. The van der Waals surface area contributed by atoms with Gasteiger partial charge in [-0.1, -0.05) is 18.2 Å². The fourth-order valence-electron chi connectivity index (χ4n) is 4.99. The van der Waals surface area contributed by atoms with E-state index >= 15 is 0 Å². The highest BCUT2D eigenvalue weighted by molar-refractivity contribution is 6.09. The van der Waals surface area contributed by atoms with Crippen LogP contribution >= 0.6 is 0 Å². The molecule has 0 bridgehead atoms. The molecule has 2 aromatic heterocycles. The van der Waals surface area contributed by atoms with Crippen LogP contribution < -0.4 is 15.4 Å². The zero-order valence-corrected chi connectivity index (χ0v) is 19.9. The molecule has 2 N–H and O–H groups in total. The first kappa shape index (κ1) is 22.7. The molecule has 0 radical (unpaired) electrons. The summed E-state index contributed by atoms with van der Waals surface area (Å²) in [5.41, 5.74) is 4.34. The molecule has 2 atom stereocenters. The predicted octanol–water partition coefficient (Wildman–Crippen LogP) is 4.99. The van der Waals surface area contributed by atoms with Crippen LogP contribution in [0.2, 0.25) is 0 Å². The van der Waals surface area contributed by atoms with Crippen molar-refractivity contribution < 1.29 is 18.7 Å². The van der Waals surface area contributed by atoms with Gasteiger partial charge in [-0.3, -0.25) is 9.59 Å². The third kappa shape index (κ3) is 4.37. The van der Waals surface area contributed by atoms with Crippen LogP contribution in [-0.4, -0.2) is 23.8 Å². The number of amides is 1. The Morgan fingerprint density at radius 2 is 1.89 bits per heavy atom. The van der Waals surface area contributed by atoms with Gasteiger partial charge >= 0.3 is 0 Å². The molecule has 7 nitrogen and oxygen atoms in total. The van der Waals surface area contributed by atoms with Crippen LogP contribution in [-0.2, 0) is 9.59 Å².